The van der Waals surface area contributed by atoms with Crippen molar-refractivity contribution >= 4 is 17.3 Å². The van der Waals surface area contributed by atoms with Crippen LogP contribution in [-0.4, -0.2) is 24.2 Å². The van der Waals surface area contributed by atoms with Crippen LogP contribution in [0.15, 0.2) is 30.3 Å². The SMILES string of the molecule is COc1cc(OC)nc(Nc2cccc(N)c2)n1. The fraction of sp³-hybridized carbons (Fsp3) is 0.167. The number of aromatic nitrogens is 2. The molecule has 0 aliphatic heterocycles. The van der Waals surface area contributed by atoms with Crippen molar-refractivity contribution in [1.82, 2.24) is 9.97 Å². The summed E-state index contributed by atoms with van der Waals surface area (Å²) in [5.41, 5.74) is 7.15. The number of rotatable bonds is 4. The van der Waals surface area contributed by atoms with Crippen LogP contribution >= 0.6 is 0 Å². The minimum absolute atomic E-state index is 0.386. The molecule has 0 fully saturated rings. The molecule has 0 aliphatic rings. The first kappa shape index (κ1) is 12.0. The summed E-state index contributed by atoms with van der Waals surface area (Å²) in [6, 6.07) is 8.90. The Bertz CT molecular complexity index is 523. The molecule has 94 valence electrons. The van der Waals surface area contributed by atoms with Crippen molar-refractivity contribution in [3.63, 3.8) is 0 Å². The quantitative estimate of drug-likeness (QED) is 0.801. The molecule has 0 saturated carbocycles. The summed E-state index contributed by atoms with van der Waals surface area (Å²) >= 11 is 0. The third kappa shape index (κ3) is 2.79. The van der Waals surface area contributed by atoms with Gasteiger partial charge >= 0.3 is 0 Å². The second kappa shape index (κ2) is 5.22. The molecule has 1 heterocycles. The minimum atomic E-state index is 0.386. The highest BCUT2D eigenvalue weighted by Crippen LogP contribution is 2.21. The van der Waals surface area contributed by atoms with Crippen molar-refractivity contribution in [2.75, 3.05) is 25.3 Å². The van der Waals surface area contributed by atoms with Gasteiger partial charge in [-0.25, -0.2) is 0 Å². The van der Waals surface area contributed by atoms with Crippen molar-refractivity contribution in [1.29, 1.82) is 0 Å². The number of nitrogens with two attached hydrogens (primary N) is 1. The van der Waals surface area contributed by atoms with Crippen molar-refractivity contribution < 1.29 is 9.47 Å². The van der Waals surface area contributed by atoms with Crippen LogP contribution in [0, 0.1) is 0 Å². The number of benzene rings is 1. The maximum atomic E-state index is 5.69. The Morgan fingerprint density at radius 1 is 1.06 bits per heavy atom. The van der Waals surface area contributed by atoms with Gasteiger partial charge in [0.2, 0.25) is 17.7 Å². The first-order chi connectivity index (χ1) is 8.71. The fourth-order valence-corrected chi connectivity index (χ4v) is 1.41. The van der Waals surface area contributed by atoms with Gasteiger partial charge in [-0.15, -0.1) is 0 Å². The third-order valence-electron chi connectivity index (χ3n) is 2.24. The van der Waals surface area contributed by atoms with Crippen molar-refractivity contribution in [3.8, 4) is 11.8 Å². The second-order valence-corrected chi connectivity index (χ2v) is 3.53. The van der Waals surface area contributed by atoms with E-state index in [9.17, 15) is 0 Å². The smallest absolute Gasteiger partial charge is 0.233 e. The molecule has 2 rings (SSSR count). The summed E-state index contributed by atoms with van der Waals surface area (Å²) < 4.78 is 10.1. The molecule has 0 saturated heterocycles. The maximum Gasteiger partial charge on any atom is 0.233 e. The van der Waals surface area contributed by atoms with E-state index >= 15 is 0 Å². The number of hydrogen-bond donors (Lipinski definition) is 2. The molecular formula is C12H14N4O2. The average molecular weight is 246 g/mol. The van der Waals surface area contributed by atoms with Gasteiger partial charge in [-0.05, 0) is 18.2 Å². The van der Waals surface area contributed by atoms with Crippen LogP contribution in [0.25, 0.3) is 0 Å². The predicted molar refractivity (Wildman–Crippen MR) is 69.3 cm³/mol. The summed E-state index contributed by atoms with van der Waals surface area (Å²) in [7, 11) is 3.07. The molecule has 0 atom stereocenters. The van der Waals surface area contributed by atoms with E-state index in [1.54, 1.807) is 18.2 Å². The molecule has 0 bridgehead atoms. The number of ether oxygens (including phenoxy) is 2. The lowest BCUT2D eigenvalue weighted by Crippen LogP contribution is -2.01. The molecule has 0 aliphatic carbocycles. The summed E-state index contributed by atoms with van der Waals surface area (Å²) in [5.74, 6) is 1.23. The molecule has 0 spiro atoms. The third-order valence-corrected chi connectivity index (χ3v) is 2.24. The Hall–Kier alpha value is -2.50. The van der Waals surface area contributed by atoms with Gasteiger partial charge in [-0.2, -0.15) is 9.97 Å². The number of hydrogen-bond acceptors (Lipinski definition) is 6. The molecule has 1 aromatic heterocycles. The summed E-state index contributed by atoms with van der Waals surface area (Å²) in [6.45, 7) is 0. The highest BCUT2D eigenvalue weighted by atomic mass is 16.5. The normalized spacial score (nSPS) is 9.89. The average Bonchev–Trinajstić information content (AvgIpc) is 2.38. The number of anilines is 3. The zero-order chi connectivity index (χ0) is 13.0. The fourth-order valence-electron chi connectivity index (χ4n) is 1.41. The Balaban J connectivity index is 2.28. The molecule has 6 nitrogen and oxygen atoms in total. The molecule has 18 heavy (non-hydrogen) atoms. The van der Waals surface area contributed by atoms with Gasteiger partial charge in [-0.3, -0.25) is 0 Å². The van der Waals surface area contributed by atoms with Crippen LogP contribution in [0.2, 0.25) is 0 Å². The summed E-state index contributed by atoms with van der Waals surface area (Å²) in [6.07, 6.45) is 0. The first-order valence-electron chi connectivity index (χ1n) is 5.31. The minimum Gasteiger partial charge on any atom is -0.481 e. The maximum absolute atomic E-state index is 5.69. The number of nitrogens with one attached hydrogen (secondary N) is 1. The van der Waals surface area contributed by atoms with Gasteiger partial charge in [0, 0.05) is 11.4 Å². The summed E-state index contributed by atoms with van der Waals surface area (Å²) in [4.78, 5) is 8.32. The highest BCUT2D eigenvalue weighted by molar-refractivity contribution is 5.59. The van der Waals surface area contributed by atoms with Crippen LogP contribution in [-0.2, 0) is 0 Å². The van der Waals surface area contributed by atoms with Crippen LogP contribution in [0.1, 0.15) is 0 Å². The van der Waals surface area contributed by atoms with E-state index in [1.165, 1.54) is 14.2 Å². The molecule has 0 unspecified atom stereocenters. The van der Waals surface area contributed by atoms with Crippen molar-refractivity contribution in [3.05, 3.63) is 30.3 Å². The van der Waals surface area contributed by atoms with E-state index in [2.05, 4.69) is 15.3 Å². The van der Waals surface area contributed by atoms with Gasteiger partial charge in [-0.1, -0.05) is 6.07 Å². The Labute approximate surface area is 105 Å². The van der Waals surface area contributed by atoms with Crippen LogP contribution in [0.3, 0.4) is 0 Å². The topological polar surface area (TPSA) is 82.3 Å². The molecular weight excluding hydrogens is 232 g/mol. The molecule has 2 aromatic rings. The van der Waals surface area contributed by atoms with E-state index < -0.39 is 0 Å². The molecule has 1 aromatic carbocycles. The standard InChI is InChI=1S/C12H14N4O2/c1-17-10-7-11(18-2)16-12(15-10)14-9-5-3-4-8(13)6-9/h3-7H,13H2,1-2H3,(H,14,15,16). The van der Waals surface area contributed by atoms with Crippen molar-refractivity contribution in [2.24, 2.45) is 0 Å². The van der Waals surface area contributed by atoms with E-state index in [4.69, 9.17) is 15.2 Å². The monoisotopic (exact) mass is 246 g/mol. The Morgan fingerprint density at radius 3 is 2.28 bits per heavy atom. The Kier molecular flexibility index (Phi) is 3.47. The van der Waals surface area contributed by atoms with E-state index in [-0.39, 0.29) is 0 Å². The van der Waals surface area contributed by atoms with Crippen LogP contribution in [0.4, 0.5) is 17.3 Å². The molecule has 0 radical (unpaired) electrons. The molecule has 0 amide bonds. The molecule has 6 heteroatoms. The van der Waals surface area contributed by atoms with Crippen LogP contribution < -0.4 is 20.5 Å². The summed E-state index contributed by atoms with van der Waals surface area (Å²) in [5, 5.41) is 3.03. The highest BCUT2D eigenvalue weighted by Gasteiger charge is 2.05. The molecule has 3 N–H and O–H groups in total. The van der Waals surface area contributed by atoms with E-state index in [1.807, 2.05) is 12.1 Å². The zero-order valence-corrected chi connectivity index (χ0v) is 10.2. The number of nitrogens with zero attached hydrogens (tertiary/aromatic N) is 2. The number of methoxy groups -OCH3 is 2. The van der Waals surface area contributed by atoms with Gasteiger partial charge in [0.1, 0.15) is 0 Å². The zero-order valence-electron chi connectivity index (χ0n) is 10.2. The van der Waals surface area contributed by atoms with Gasteiger partial charge in [0.05, 0.1) is 20.3 Å². The van der Waals surface area contributed by atoms with Gasteiger partial charge in [0.25, 0.3) is 0 Å². The lowest BCUT2D eigenvalue weighted by Gasteiger charge is -2.08. The lowest BCUT2D eigenvalue weighted by molar-refractivity contribution is 0.373. The van der Waals surface area contributed by atoms with E-state index in [0.29, 0.717) is 23.4 Å². The predicted octanol–water partition coefficient (Wildman–Crippen LogP) is 1.82. The lowest BCUT2D eigenvalue weighted by atomic mass is 10.3. The van der Waals surface area contributed by atoms with Crippen LogP contribution in [0.5, 0.6) is 11.8 Å². The van der Waals surface area contributed by atoms with Crippen molar-refractivity contribution in [2.45, 2.75) is 0 Å². The van der Waals surface area contributed by atoms with Gasteiger partial charge in [0.15, 0.2) is 0 Å². The van der Waals surface area contributed by atoms with E-state index in [0.717, 1.165) is 5.69 Å². The second-order valence-electron chi connectivity index (χ2n) is 3.53. The van der Waals surface area contributed by atoms with Gasteiger partial charge < -0.3 is 20.5 Å². The largest absolute Gasteiger partial charge is 0.481 e. The number of nitrogen functional groups attached to an aromatic ring is 1. The Morgan fingerprint density at radius 2 is 1.72 bits per heavy atom. The first-order valence-corrected chi connectivity index (χ1v) is 5.31.